The first-order valence-electron chi connectivity index (χ1n) is 11.9. The summed E-state index contributed by atoms with van der Waals surface area (Å²) in [7, 11) is 0. The Kier molecular flexibility index (Phi) is 6.17. The summed E-state index contributed by atoms with van der Waals surface area (Å²) < 4.78 is 36.2. The molecule has 0 amide bonds. The number of benzene rings is 1. The summed E-state index contributed by atoms with van der Waals surface area (Å²) in [5, 5.41) is 3.24. The maximum atomic E-state index is 15.3. The van der Waals surface area contributed by atoms with E-state index >= 15 is 8.78 Å². The molecular weight excluding hydrogens is 434 g/mol. The fourth-order valence-corrected chi connectivity index (χ4v) is 5.74. The van der Waals surface area contributed by atoms with E-state index in [0.29, 0.717) is 5.69 Å². The molecule has 0 spiro atoms. The lowest BCUT2D eigenvalue weighted by atomic mass is 9.60. The summed E-state index contributed by atoms with van der Waals surface area (Å²) in [6.45, 7) is 11.1. The lowest BCUT2D eigenvalue weighted by Crippen LogP contribution is -2.68. The molecule has 2 fully saturated rings. The largest absolute Gasteiger partial charge is 0.461 e. The van der Waals surface area contributed by atoms with Crippen LogP contribution in [0.1, 0.15) is 52.3 Å². The molecule has 0 bridgehead atoms. The number of nitrogens with zero attached hydrogens (tertiary/aromatic N) is 1. The number of allylic oxidation sites excluding steroid dienone is 1. The number of esters is 1. The number of hydrogen-bond acceptors (Lipinski definition) is 4. The molecule has 4 nitrogen and oxygen atoms in total. The van der Waals surface area contributed by atoms with Crippen molar-refractivity contribution in [2.75, 3.05) is 0 Å². The molecule has 1 aromatic heterocycles. The van der Waals surface area contributed by atoms with Gasteiger partial charge in [0.25, 0.3) is 5.92 Å². The van der Waals surface area contributed by atoms with Crippen LogP contribution in [-0.2, 0) is 9.53 Å². The topological polar surface area (TPSA) is 51.2 Å². The van der Waals surface area contributed by atoms with E-state index in [1.165, 1.54) is 0 Å². The SMILES string of the molecule is Cc1ccccc1-c1ccc(/C=C/[C@@H]2[C@@H]3[C@@H](C)OC(=O)[C@]3(NC(C)(C)C)CC(F)(F)[C@H]2C)nc1. The molecule has 0 radical (unpaired) electrons. The Hall–Kier alpha value is -2.60. The van der Waals surface area contributed by atoms with Gasteiger partial charge in [0, 0.05) is 35.6 Å². The summed E-state index contributed by atoms with van der Waals surface area (Å²) in [4.78, 5) is 17.5. The number of fused-ring (bicyclic) bond motifs is 1. The van der Waals surface area contributed by atoms with E-state index in [1.807, 2.05) is 51.1 Å². The van der Waals surface area contributed by atoms with Crippen molar-refractivity contribution in [3.63, 3.8) is 0 Å². The number of alkyl halides is 2. The zero-order chi connectivity index (χ0) is 24.9. The predicted molar refractivity (Wildman–Crippen MR) is 130 cm³/mol. The van der Waals surface area contributed by atoms with Crippen LogP contribution >= 0.6 is 0 Å². The van der Waals surface area contributed by atoms with E-state index in [4.69, 9.17) is 4.74 Å². The molecule has 1 saturated heterocycles. The van der Waals surface area contributed by atoms with Crippen LogP contribution in [-0.4, -0.2) is 34.1 Å². The molecule has 2 heterocycles. The van der Waals surface area contributed by atoms with Gasteiger partial charge in [-0.15, -0.1) is 0 Å². The summed E-state index contributed by atoms with van der Waals surface area (Å²) in [5.74, 6) is -5.50. The lowest BCUT2D eigenvalue weighted by Gasteiger charge is -2.50. The van der Waals surface area contributed by atoms with E-state index < -0.39 is 53.2 Å². The number of aryl methyl sites for hydroxylation is 1. The minimum absolute atomic E-state index is 0.406. The number of cyclic esters (lactones) is 1. The first-order valence-corrected chi connectivity index (χ1v) is 11.9. The van der Waals surface area contributed by atoms with Crippen LogP contribution < -0.4 is 5.32 Å². The van der Waals surface area contributed by atoms with Crippen LogP contribution in [0.5, 0.6) is 0 Å². The second-order valence-corrected chi connectivity index (χ2v) is 10.9. The Morgan fingerprint density at radius 3 is 2.47 bits per heavy atom. The Morgan fingerprint density at radius 2 is 1.85 bits per heavy atom. The minimum Gasteiger partial charge on any atom is -0.461 e. The fourth-order valence-electron chi connectivity index (χ4n) is 5.74. The lowest BCUT2D eigenvalue weighted by molar-refractivity contribution is -0.162. The Morgan fingerprint density at radius 1 is 1.15 bits per heavy atom. The van der Waals surface area contributed by atoms with Crippen molar-refractivity contribution < 1.29 is 18.3 Å². The van der Waals surface area contributed by atoms with Crippen LogP contribution in [0.3, 0.4) is 0 Å². The van der Waals surface area contributed by atoms with Gasteiger partial charge in [0.05, 0.1) is 5.69 Å². The molecule has 2 aromatic rings. The third kappa shape index (κ3) is 4.40. The van der Waals surface area contributed by atoms with Gasteiger partial charge in [-0.3, -0.25) is 15.1 Å². The number of halogens is 2. The number of aromatic nitrogens is 1. The smallest absolute Gasteiger partial charge is 0.327 e. The molecule has 4 rings (SSSR count). The molecule has 1 aliphatic heterocycles. The van der Waals surface area contributed by atoms with Crippen LogP contribution in [0, 0.1) is 24.7 Å². The normalized spacial score (nSPS) is 30.9. The first kappa shape index (κ1) is 24.5. The summed E-state index contributed by atoms with van der Waals surface area (Å²) >= 11 is 0. The Balaban J connectivity index is 1.67. The van der Waals surface area contributed by atoms with E-state index in [0.717, 1.165) is 16.7 Å². The number of ether oxygens (including phenoxy) is 1. The van der Waals surface area contributed by atoms with E-state index in [-0.39, 0.29) is 0 Å². The third-order valence-electron chi connectivity index (χ3n) is 7.23. The molecular formula is C28H34F2N2O2. The third-order valence-corrected chi connectivity index (χ3v) is 7.23. The molecule has 1 N–H and O–H groups in total. The van der Waals surface area contributed by atoms with Crippen molar-refractivity contribution in [2.24, 2.45) is 17.8 Å². The van der Waals surface area contributed by atoms with Crippen molar-refractivity contribution in [3.05, 3.63) is 59.9 Å². The molecule has 182 valence electrons. The Labute approximate surface area is 200 Å². The van der Waals surface area contributed by atoms with Crippen LogP contribution in [0.15, 0.2) is 48.7 Å². The van der Waals surface area contributed by atoms with Gasteiger partial charge >= 0.3 is 5.97 Å². The van der Waals surface area contributed by atoms with Gasteiger partial charge in [0.2, 0.25) is 0 Å². The van der Waals surface area contributed by atoms with Crippen molar-refractivity contribution in [1.82, 2.24) is 10.3 Å². The van der Waals surface area contributed by atoms with Crippen molar-refractivity contribution in [2.45, 2.75) is 71.1 Å². The number of hydrogen-bond donors (Lipinski definition) is 1. The van der Waals surface area contributed by atoms with Gasteiger partial charge in [0.1, 0.15) is 11.6 Å². The minimum atomic E-state index is -3.02. The number of carbonyl (C=O) groups excluding carboxylic acids is 1. The number of nitrogens with one attached hydrogen (secondary N) is 1. The molecule has 5 atom stereocenters. The highest BCUT2D eigenvalue weighted by Gasteiger charge is 2.68. The van der Waals surface area contributed by atoms with E-state index in [2.05, 4.69) is 23.3 Å². The van der Waals surface area contributed by atoms with E-state index in [1.54, 1.807) is 32.2 Å². The molecule has 6 heteroatoms. The Bertz CT molecular complexity index is 1090. The molecule has 34 heavy (non-hydrogen) atoms. The predicted octanol–water partition coefficient (Wildman–Crippen LogP) is 6.05. The molecule has 1 aliphatic carbocycles. The second-order valence-electron chi connectivity index (χ2n) is 10.9. The monoisotopic (exact) mass is 468 g/mol. The van der Waals surface area contributed by atoms with Gasteiger partial charge in [-0.2, -0.15) is 0 Å². The fraction of sp³-hybridized carbons (Fsp3) is 0.500. The molecule has 1 saturated carbocycles. The molecule has 1 aromatic carbocycles. The second kappa shape index (κ2) is 8.56. The zero-order valence-corrected chi connectivity index (χ0v) is 20.7. The maximum Gasteiger partial charge on any atom is 0.327 e. The average molecular weight is 469 g/mol. The van der Waals surface area contributed by atoms with Crippen molar-refractivity contribution in [3.8, 4) is 11.1 Å². The highest BCUT2D eigenvalue weighted by molar-refractivity contribution is 5.84. The van der Waals surface area contributed by atoms with Gasteiger partial charge < -0.3 is 4.74 Å². The van der Waals surface area contributed by atoms with E-state index in [9.17, 15) is 4.79 Å². The molecule has 2 aliphatic rings. The quantitative estimate of drug-likeness (QED) is 0.555. The summed E-state index contributed by atoms with van der Waals surface area (Å²) in [6.07, 6.45) is 4.38. The van der Waals surface area contributed by atoms with Gasteiger partial charge in [0.15, 0.2) is 0 Å². The number of pyridine rings is 1. The summed E-state index contributed by atoms with van der Waals surface area (Å²) in [6, 6.07) is 12.0. The highest BCUT2D eigenvalue weighted by Crippen LogP contribution is 2.55. The van der Waals surface area contributed by atoms with Crippen LogP contribution in [0.2, 0.25) is 0 Å². The first-order chi connectivity index (χ1) is 15.8. The number of rotatable bonds is 4. The van der Waals surface area contributed by atoms with Crippen LogP contribution in [0.25, 0.3) is 17.2 Å². The van der Waals surface area contributed by atoms with Crippen molar-refractivity contribution in [1.29, 1.82) is 0 Å². The zero-order valence-electron chi connectivity index (χ0n) is 20.7. The van der Waals surface area contributed by atoms with Gasteiger partial charge in [-0.05, 0) is 63.8 Å². The van der Waals surface area contributed by atoms with Gasteiger partial charge in [-0.1, -0.05) is 43.3 Å². The van der Waals surface area contributed by atoms with Gasteiger partial charge in [-0.25, -0.2) is 8.78 Å². The summed E-state index contributed by atoms with van der Waals surface area (Å²) in [5.41, 5.74) is 2.01. The maximum absolute atomic E-state index is 15.3. The average Bonchev–Trinajstić information content (AvgIpc) is 2.96. The highest BCUT2D eigenvalue weighted by atomic mass is 19.3. The van der Waals surface area contributed by atoms with Crippen molar-refractivity contribution >= 4 is 12.0 Å². The van der Waals surface area contributed by atoms with Crippen LogP contribution in [0.4, 0.5) is 8.78 Å². The number of carbonyl (C=O) groups is 1. The standard InChI is InChI=1S/C28H34F2N2O2/c1-17-9-7-8-10-22(17)20-11-12-21(31-15-20)13-14-23-18(2)28(29,30)16-27(32-26(4,5)6)24(23)19(3)34-25(27)33/h7-15,18-19,23-24,32H,16H2,1-6H3/b14-13+/t18-,19+,23-,24-,27-/m0/s1. The molecule has 0 unspecified atom stereocenters.